The van der Waals surface area contributed by atoms with Gasteiger partial charge in [0.05, 0.1) is 0 Å². The van der Waals surface area contributed by atoms with Gasteiger partial charge in [-0.1, -0.05) is 188 Å². The van der Waals surface area contributed by atoms with Crippen molar-refractivity contribution in [3.05, 3.63) is 252 Å². The van der Waals surface area contributed by atoms with Crippen LogP contribution in [0.3, 0.4) is 0 Å². The zero-order chi connectivity index (χ0) is 39.4. The first-order chi connectivity index (χ1) is 29.3. The van der Waals surface area contributed by atoms with E-state index in [1.165, 1.54) is 96.7 Å². The average Bonchev–Trinajstić information content (AvgIpc) is 3.93. The number of hydrogen-bond acceptors (Lipinski definition) is 2. The van der Waals surface area contributed by atoms with Crippen LogP contribution < -0.4 is 0 Å². The lowest BCUT2D eigenvalue weighted by Crippen LogP contribution is -1.95. The van der Waals surface area contributed by atoms with Gasteiger partial charge < -0.3 is 0 Å². The van der Waals surface area contributed by atoms with Gasteiger partial charge in [-0.15, -0.1) is 22.7 Å². The summed E-state index contributed by atoms with van der Waals surface area (Å²) in [6.45, 7) is 0. The van der Waals surface area contributed by atoms with Crippen molar-refractivity contribution < 1.29 is 0 Å². The summed E-state index contributed by atoms with van der Waals surface area (Å²) in [5.41, 5.74) is 12.3. The van der Waals surface area contributed by atoms with Gasteiger partial charge in [0.15, 0.2) is 0 Å². The molecule has 2 aromatic heterocycles. The highest BCUT2D eigenvalue weighted by atomic mass is 32.1. The molecule has 2 heteroatoms. The van der Waals surface area contributed by atoms with Crippen LogP contribution in [0.4, 0.5) is 0 Å². The molecule has 1 aliphatic carbocycles. The molecule has 0 fully saturated rings. The Hall–Kier alpha value is -6.84. The summed E-state index contributed by atoms with van der Waals surface area (Å²) >= 11 is 3.73. The standard InChI is InChI=1S/C57H40S2/c1-2-8-20-40(19-7-1)49(41-21-9-3-10-22-41)38-52-46-29-17-18-30-47(46)53(39-50(42-23-11-4-12-24-42)43-25-13-5-14-26-43)51-37-45(31-32-48(51)52)55-34-36-57(59-55)56-35-33-54(58-56)44-27-15-6-16-28-44/h1-19,21-39H,20H2/b49-38-. The summed E-state index contributed by atoms with van der Waals surface area (Å²) in [5, 5.41) is 4.93. The highest BCUT2D eigenvalue weighted by Crippen LogP contribution is 2.44. The van der Waals surface area contributed by atoms with E-state index in [0.717, 1.165) is 6.42 Å². The topological polar surface area (TPSA) is 0 Å². The van der Waals surface area contributed by atoms with Crippen LogP contribution in [-0.4, -0.2) is 0 Å². The van der Waals surface area contributed by atoms with E-state index in [1.54, 1.807) is 0 Å². The fraction of sp³-hybridized carbons (Fsp3) is 0.0175. The van der Waals surface area contributed by atoms with Crippen LogP contribution in [0.15, 0.2) is 224 Å². The Kier molecular flexibility index (Phi) is 10.2. The second kappa shape index (κ2) is 16.6. The minimum absolute atomic E-state index is 0.865. The molecular weight excluding hydrogens is 749 g/mol. The Morgan fingerprint density at radius 2 is 0.847 bits per heavy atom. The van der Waals surface area contributed by atoms with E-state index in [4.69, 9.17) is 0 Å². The van der Waals surface area contributed by atoms with E-state index in [0.29, 0.717) is 0 Å². The quantitative estimate of drug-likeness (QED) is 0.101. The van der Waals surface area contributed by atoms with Gasteiger partial charge in [-0.2, -0.15) is 0 Å². The summed E-state index contributed by atoms with van der Waals surface area (Å²) in [6, 6.07) is 68.4. The Balaban J connectivity index is 1.22. The summed E-state index contributed by atoms with van der Waals surface area (Å²) in [4.78, 5) is 5.14. The average molecular weight is 789 g/mol. The third-order valence-electron chi connectivity index (χ3n) is 11.1. The van der Waals surface area contributed by atoms with Crippen LogP contribution >= 0.6 is 22.7 Å². The van der Waals surface area contributed by atoms with Crippen molar-refractivity contribution in [1.29, 1.82) is 0 Å². The fourth-order valence-corrected chi connectivity index (χ4v) is 10.3. The number of benzene rings is 7. The van der Waals surface area contributed by atoms with Crippen LogP contribution in [0.5, 0.6) is 0 Å². The van der Waals surface area contributed by atoms with Gasteiger partial charge in [-0.3, -0.25) is 0 Å². The molecule has 0 bridgehead atoms. The molecule has 0 amide bonds. The maximum atomic E-state index is 2.45. The fourth-order valence-electron chi connectivity index (χ4n) is 8.18. The van der Waals surface area contributed by atoms with E-state index in [1.807, 2.05) is 22.7 Å². The number of rotatable bonds is 9. The molecule has 10 rings (SSSR count). The van der Waals surface area contributed by atoms with Crippen LogP contribution in [0.1, 0.15) is 34.2 Å². The smallest absolute Gasteiger partial charge is 0.0449 e. The van der Waals surface area contributed by atoms with Gasteiger partial charge in [-0.05, 0) is 126 Å². The lowest BCUT2D eigenvalue weighted by atomic mass is 9.85. The van der Waals surface area contributed by atoms with Gasteiger partial charge in [0, 0.05) is 19.5 Å². The van der Waals surface area contributed by atoms with Crippen molar-refractivity contribution in [3.8, 4) is 30.6 Å². The number of thiophene rings is 2. The molecule has 0 radical (unpaired) electrons. The Labute approximate surface area is 354 Å². The predicted octanol–water partition coefficient (Wildman–Crippen LogP) is 16.7. The summed E-state index contributed by atoms with van der Waals surface area (Å²) < 4.78 is 0. The van der Waals surface area contributed by atoms with Crippen LogP contribution in [-0.2, 0) is 0 Å². The second-order valence-electron chi connectivity index (χ2n) is 14.8. The molecule has 0 saturated carbocycles. The van der Waals surface area contributed by atoms with E-state index >= 15 is 0 Å². The van der Waals surface area contributed by atoms with Crippen molar-refractivity contribution in [2.24, 2.45) is 0 Å². The Morgan fingerprint density at radius 1 is 0.373 bits per heavy atom. The second-order valence-corrected chi connectivity index (χ2v) is 16.9. The number of hydrogen-bond donors (Lipinski definition) is 0. The Morgan fingerprint density at radius 3 is 1.46 bits per heavy atom. The maximum Gasteiger partial charge on any atom is 0.0449 e. The molecule has 0 unspecified atom stereocenters. The first-order valence-electron chi connectivity index (χ1n) is 20.1. The minimum atomic E-state index is 0.865. The molecule has 59 heavy (non-hydrogen) atoms. The third-order valence-corrected chi connectivity index (χ3v) is 13.5. The molecule has 0 nitrogen and oxygen atoms in total. The maximum absolute atomic E-state index is 2.45. The first-order valence-corrected chi connectivity index (χ1v) is 21.8. The highest BCUT2D eigenvalue weighted by molar-refractivity contribution is 7.25. The molecule has 0 atom stereocenters. The summed E-state index contributed by atoms with van der Waals surface area (Å²) in [7, 11) is 0. The number of allylic oxidation sites excluding steroid dienone is 7. The molecule has 9 aromatic rings. The lowest BCUT2D eigenvalue weighted by Gasteiger charge is -2.18. The van der Waals surface area contributed by atoms with E-state index in [9.17, 15) is 0 Å². The van der Waals surface area contributed by atoms with Crippen molar-refractivity contribution in [1.82, 2.24) is 0 Å². The van der Waals surface area contributed by atoms with E-state index in [-0.39, 0.29) is 0 Å². The van der Waals surface area contributed by atoms with Gasteiger partial charge >= 0.3 is 0 Å². The number of fused-ring (bicyclic) bond motifs is 2. The largest absolute Gasteiger partial charge is 0.134 e. The van der Waals surface area contributed by atoms with Crippen molar-refractivity contribution in [2.75, 3.05) is 0 Å². The minimum Gasteiger partial charge on any atom is -0.134 e. The Bertz CT molecular complexity index is 3040. The molecular formula is C57H40S2. The molecule has 0 saturated heterocycles. The summed E-state index contributed by atoms with van der Waals surface area (Å²) in [5.74, 6) is 0. The van der Waals surface area contributed by atoms with Gasteiger partial charge in [0.2, 0.25) is 0 Å². The van der Waals surface area contributed by atoms with Crippen LogP contribution in [0.2, 0.25) is 0 Å². The van der Waals surface area contributed by atoms with Gasteiger partial charge in [-0.25, -0.2) is 0 Å². The molecule has 7 aromatic carbocycles. The highest BCUT2D eigenvalue weighted by Gasteiger charge is 2.18. The summed E-state index contributed by atoms with van der Waals surface area (Å²) in [6.07, 6.45) is 16.7. The molecule has 2 heterocycles. The van der Waals surface area contributed by atoms with Gasteiger partial charge in [0.25, 0.3) is 0 Å². The lowest BCUT2D eigenvalue weighted by molar-refractivity contribution is 1.30. The predicted molar refractivity (Wildman–Crippen MR) is 259 cm³/mol. The molecule has 280 valence electrons. The zero-order valence-electron chi connectivity index (χ0n) is 32.5. The molecule has 0 N–H and O–H groups in total. The first kappa shape index (κ1) is 36.5. The van der Waals surface area contributed by atoms with Crippen LogP contribution in [0, 0.1) is 0 Å². The monoisotopic (exact) mass is 788 g/mol. The van der Waals surface area contributed by atoms with Crippen LogP contribution in [0.25, 0.3) is 75.5 Å². The molecule has 0 aliphatic heterocycles. The molecule has 0 spiro atoms. The SMILES string of the molecule is C1=CC=C(/C(=C/c2c3ccccc3c(C=C(c3ccccc3)c3ccccc3)c3cc(-c4ccc(-c5ccc(-c6ccccc6)s5)s4)ccc23)c2ccccc2)CC=C1. The van der Waals surface area contributed by atoms with Gasteiger partial charge in [0.1, 0.15) is 0 Å². The van der Waals surface area contributed by atoms with E-state index in [2.05, 4.69) is 231 Å². The third kappa shape index (κ3) is 7.53. The van der Waals surface area contributed by atoms with Crippen molar-refractivity contribution in [3.63, 3.8) is 0 Å². The normalized spacial score (nSPS) is 12.7. The molecule has 1 aliphatic rings. The van der Waals surface area contributed by atoms with Crippen molar-refractivity contribution >= 4 is 67.5 Å². The zero-order valence-corrected chi connectivity index (χ0v) is 34.1. The van der Waals surface area contributed by atoms with Crippen molar-refractivity contribution in [2.45, 2.75) is 6.42 Å². The van der Waals surface area contributed by atoms with E-state index < -0.39 is 0 Å².